The van der Waals surface area contributed by atoms with Crippen molar-refractivity contribution in [2.75, 3.05) is 16.4 Å². The van der Waals surface area contributed by atoms with Crippen LogP contribution in [0.1, 0.15) is 31.0 Å². The van der Waals surface area contributed by atoms with Crippen molar-refractivity contribution >= 4 is 35.1 Å². The van der Waals surface area contributed by atoms with Crippen molar-refractivity contribution < 1.29 is 4.79 Å². The number of aromatic nitrogens is 2. The van der Waals surface area contributed by atoms with Gasteiger partial charge in [0.05, 0.1) is 16.4 Å². The Hall–Kier alpha value is -2.34. The quantitative estimate of drug-likeness (QED) is 0.802. The maximum Gasteiger partial charge on any atom is 0.324 e. The second kappa shape index (κ2) is 6.62. The number of carbonyl (C=O) groups excluding carboxylic acids is 1. The number of rotatable bonds is 3. The minimum absolute atomic E-state index is 0.121. The molecule has 0 spiro atoms. The lowest BCUT2D eigenvalue weighted by molar-refractivity contribution is 0.262. The standard InChI is InChI=1S/C15H18ClN5O/c1-8(2)11-7-12(19-14(17)18-11)20-15(22)21-13-9(3)5-4-6-10(13)16/h4-8H,1-3H3,(H4,17,18,19,20,21,22). The molecule has 0 saturated carbocycles. The number of urea groups is 1. The molecule has 0 atom stereocenters. The molecule has 0 aliphatic heterocycles. The fourth-order valence-corrected chi connectivity index (χ4v) is 2.17. The molecule has 1 aromatic carbocycles. The number of anilines is 3. The first-order chi connectivity index (χ1) is 10.4. The summed E-state index contributed by atoms with van der Waals surface area (Å²) < 4.78 is 0. The molecule has 116 valence electrons. The van der Waals surface area contributed by atoms with Crippen LogP contribution >= 0.6 is 11.6 Å². The molecule has 2 amide bonds. The minimum Gasteiger partial charge on any atom is -0.368 e. The molecule has 0 fully saturated rings. The van der Waals surface area contributed by atoms with Crippen molar-refractivity contribution in [3.8, 4) is 0 Å². The largest absolute Gasteiger partial charge is 0.368 e. The second-order valence-electron chi connectivity index (χ2n) is 5.20. The molecule has 1 heterocycles. The number of nitrogens with one attached hydrogen (secondary N) is 2. The van der Waals surface area contributed by atoms with Crippen molar-refractivity contribution in [1.82, 2.24) is 9.97 Å². The molecule has 0 aliphatic carbocycles. The average molecular weight is 320 g/mol. The summed E-state index contributed by atoms with van der Waals surface area (Å²) in [5.41, 5.74) is 7.85. The van der Waals surface area contributed by atoms with E-state index in [1.807, 2.05) is 32.9 Å². The Kier molecular flexibility index (Phi) is 4.82. The number of benzene rings is 1. The van der Waals surface area contributed by atoms with Gasteiger partial charge < -0.3 is 11.1 Å². The van der Waals surface area contributed by atoms with Crippen LogP contribution in [0.3, 0.4) is 0 Å². The first-order valence-electron chi connectivity index (χ1n) is 6.84. The highest BCUT2D eigenvalue weighted by Gasteiger charge is 2.11. The Morgan fingerprint density at radius 2 is 2.00 bits per heavy atom. The summed E-state index contributed by atoms with van der Waals surface area (Å²) in [4.78, 5) is 20.2. The van der Waals surface area contributed by atoms with Crippen LogP contribution in [0.4, 0.5) is 22.2 Å². The van der Waals surface area contributed by atoms with Gasteiger partial charge in [-0.05, 0) is 24.5 Å². The Morgan fingerprint density at radius 3 is 2.64 bits per heavy atom. The Bertz CT molecular complexity index is 682. The molecule has 22 heavy (non-hydrogen) atoms. The van der Waals surface area contributed by atoms with Crippen molar-refractivity contribution in [3.63, 3.8) is 0 Å². The summed E-state index contributed by atoms with van der Waals surface area (Å²) in [6.07, 6.45) is 0. The lowest BCUT2D eigenvalue weighted by Gasteiger charge is -2.12. The second-order valence-corrected chi connectivity index (χ2v) is 5.61. The summed E-state index contributed by atoms with van der Waals surface area (Å²) in [6.45, 7) is 5.83. The van der Waals surface area contributed by atoms with E-state index in [1.54, 1.807) is 12.1 Å². The van der Waals surface area contributed by atoms with Crippen molar-refractivity contribution in [2.24, 2.45) is 0 Å². The number of nitrogen functional groups attached to an aromatic ring is 1. The van der Waals surface area contributed by atoms with E-state index in [4.69, 9.17) is 17.3 Å². The number of hydrogen-bond acceptors (Lipinski definition) is 4. The van der Waals surface area contributed by atoms with E-state index in [9.17, 15) is 4.79 Å². The third-order valence-corrected chi connectivity index (χ3v) is 3.37. The smallest absolute Gasteiger partial charge is 0.324 e. The topological polar surface area (TPSA) is 92.9 Å². The van der Waals surface area contributed by atoms with E-state index in [2.05, 4.69) is 20.6 Å². The Balaban J connectivity index is 2.16. The van der Waals surface area contributed by atoms with E-state index >= 15 is 0 Å². The van der Waals surface area contributed by atoms with Gasteiger partial charge in [0.15, 0.2) is 0 Å². The van der Waals surface area contributed by atoms with Crippen LogP contribution in [0.5, 0.6) is 0 Å². The average Bonchev–Trinajstić information content (AvgIpc) is 2.42. The van der Waals surface area contributed by atoms with Crippen LogP contribution in [-0.2, 0) is 0 Å². The van der Waals surface area contributed by atoms with Gasteiger partial charge in [-0.15, -0.1) is 0 Å². The van der Waals surface area contributed by atoms with Crippen LogP contribution in [0.15, 0.2) is 24.3 Å². The number of carbonyl (C=O) groups is 1. The van der Waals surface area contributed by atoms with E-state index in [0.717, 1.165) is 11.3 Å². The van der Waals surface area contributed by atoms with Crippen LogP contribution in [0.2, 0.25) is 5.02 Å². The van der Waals surface area contributed by atoms with Gasteiger partial charge in [-0.3, -0.25) is 5.32 Å². The predicted octanol–water partition coefficient (Wildman–Crippen LogP) is 3.79. The van der Waals surface area contributed by atoms with Crippen LogP contribution in [0, 0.1) is 6.92 Å². The summed E-state index contributed by atoms with van der Waals surface area (Å²) in [5, 5.41) is 5.83. The van der Waals surface area contributed by atoms with Gasteiger partial charge in [-0.2, -0.15) is 4.98 Å². The van der Waals surface area contributed by atoms with E-state index < -0.39 is 6.03 Å². The fraction of sp³-hybridized carbons (Fsp3) is 0.267. The lowest BCUT2D eigenvalue weighted by Crippen LogP contribution is -2.21. The van der Waals surface area contributed by atoms with Crippen molar-refractivity contribution in [2.45, 2.75) is 26.7 Å². The molecule has 0 unspecified atom stereocenters. The SMILES string of the molecule is Cc1cccc(Cl)c1NC(=O)Nc1cc(C(C)C)nc(N)n1. The summed E-state index contributed by atoms with van der Waals surface area (Å²) >= 11 is 6.08. The van der Waals surface area contributed by atoms with Gasteiger partial charge in [-0.25, -0.2) is 9.78 Å². The minimum atomic E-state index is -0.441. The van der Waals surface area contributed by atoms with Crippen LogP contribution in [-0.4, -0.2) is 16.0 Å². The maximum atomic E-state index is 12.1. The number of nitrogens with two attached hydrogens (primary N) is 1. The van der Waals surface area contributed by atoms with Gasteiger partial charge in [0, 0.05) is 6.07 Å². The molecule has 2 rings (SSSR count). The molecule has 0 saturated heterocycles. The zero-order valence-corrected chi connectivity index (χ0v) is 13.4. The fourth-order valence-electron chi connectivity index (χ4n) is 1.90. The molecular formula is C15H18ClN5O. The highest BCUT2D eigenvalue weighted by atomic mass is 35.5. The third-order valence-electron chi connectivity index (χ3n) is 3.06. The number of hydrogen-bond donors (Lipinski definition) is 3. The number of halogens is 1. The molecule has 1 aromatic heterocycles. The molecule has 0 aliphatic rings. The van der Waals surface area contributed by atoms with Gasteiger partial charge in [0.1, 0.15) is 5.82 Å². The van der Waals surface area contributed by atoms with Crippen LogP contribution < -0.4 is 16.4 Å². The lowest BCUT2D eigenvalue weighted by atomic mass is 10.1. The summed E-state index contributed by atoms with van der Waals surface area (Å²) in [7, 11) is 0. The van der Waals surface area contributed by atoms with E-state index in [-0.39, 0.29) is 11.9 Å². The molecular weight excluding hydrogens is 302 g/mol. The van der Waals surface area contributed by atoms with E-state index in [1.165, 1.54) is 0 Å². The molecule has 0 bridgehead atoms. The normalized spacial score (nSPS) is 10.6. The molecule has 2 aromatic rings. The monoisotopic (exact) mass is 319 g/mol. The number of aryl methyl sites for hydroxylation is 1. The number of nitrogens with zero attached hydrogens (tertiary/aromatic N) is 2. The number of para-hydroxylation sites is 1. The zero-order chi connectivity index (χ0) is 16.3. The highest BCUT2D eigenvalue weighted by Crippen LogP contribution is 2.25. The van der Waals surface area contributed by atoms with Gasteiger partial charge in [0.25, 0.3) is 0 Å². The zero-order valence-electron chi connectivity index (χ0n) is 12.6. The Morgan fingerprint density at radius 1 is 1.27 bits per heavy atom. The molecule has 6 nitrogen and oxygen atoms in total. The first-order valence-corrected chi connectivity index (χ1v) is 7.22. The third kappa shape index (κ3) is 3.85. The first kappa shape index (κ1) is 16.0. The van der Waals surface area contributed by atoms with Crippen molar-refractivity contribution in [3.05, 3.63) is 40.5 Å². The maximum absolute atomic E-state index is 12.1. The highest BCUT2D eigenvalue weighted by molar-refractivity contribution is 6.34. The molecule has 0 radical (unpaired) electrons. The van der Waals surface area contributed by atoms with Crippen molar-refractivity contribution in [1.29, 1.82) is 0 Å². The van der Waals surface area contributed by atoms with E-state index in [0.29, 0.717) is 16.5 Å². The summed E-state index contributed by atoms with van der Waals surface area (Å²) in [6, 6.07) is 6.65. The number of amides is 2. The predicted molar refractivity (Wildman–Crippen MR) is 89.4 cm³/mol. The molecule has 4 N–H and O–H groups in total. The van der Waals surface area contributed by atoms with Gasteiger partial charge in [-0.1, -0.05) is 37.6 Å². The Labute approximate surface area is 134 Å². The molecule has 7 heteroatoms. The van der Waals surface area contributed by atoms with Crippen LogP contribution in [0.25, 0.3) is 0 Å². The summed E-state index contributed by atoms with van der Waals surface area (Å²) in [5.74, 6) is 0.647. The van der Waals surface area contributed by atoms with Gasteiger partial charge in [0.2, 0.25) is 5.95 Å². The van der Waals surface area contributed by atoms with Gasteiger partial charge >= 0.3 is 6.03 Å².